The second kappa shape index (κ2) is 4.68. The molecule has 98 valence electrons. The molecule has 1 aromatic rings. The summed E-state index contributed by atoms with van der Waals surface area (Å²) in [5, 5.41) is 17.1. The van der Waals surface area contributed by atoms with E-state index in [1.165, 1.54) is 12.8 Å². The van der Waals surface area contributed by atoms with E-state index in [-0.39, 0.29) is 6.04 Å². The Kier molecular flexibility index (Phi) is 3.03. The van der Waals surface area contributed by atoms with Crippen LogP contribution in [0.4, 0.5) is 0 Å². The summed E-state index contributed by atoms with van der Waals surface area (Å²) >= 11 is 0. The Labute approximate surface area is 105 Å². The molecular weight excluding hydrogens is 232 g/mol. The maximum Gasteiger partial charge on any atom is 0.314 e. The zero-order valence-electron chi connectivity index (χ0n) is 10.3. The van der Waals surface area contributed by atoms with Crippen LogP contribution in [-0.4, -0.2) is 32.4 Å². The lowest BCUT2D eigenvalue weighted by atomic mass is 9.99. The van der Waals surface area contributed by atoms with Crippen LogP contribution < -0.4 is 5.32 Å². The fourth-order valence-corrected chi connectivity index (χ4v) is 2.82. The lowest BCUT2D eigenvalue weighted by molar-refractivity contribution is -0.139. The minimum Gasteiger partial charge on any atom is -0.481 e. The molecule has 2 atom stereocenters. The predicted octanol–water partition coefficient (Wildman–Crippen LogP) is 1.05. The quantitative estimate of drug-likeness (QED) is 0.820. The molecule has 3 rings (SSSR count). The van der Waals surface area contributed by atoms with Crippen molar-refractivity contribution in [1.29, 1.82) is 0 Å². The first-order valence-corrected chi connectivity index (χ1v) is 6.66. The van der Waals surface area contributed by atoms with Gasteiger partial charge in [0, 0.05) is 6.54 Å². The molecule has 6 nitrogen and oxygen atoms in total. The third-order valence-electron chi connectivity index (χ3n) is 3.81. The van der Waals surface area contributed by atoms with Crippen LogP contribution in [0.2, 0.25) is 0 Å². The van der Waals surface area contributed by atoms with Gasteiger partial charge in [-0.2, -0.15) is 5.10 Å². The molecule has 3 heterocycles. The van der Waals surface area contributed by atoms with Gasteiger partial charge in [0.05, 0.1) is 6.04 Å². The van der Waals surface area contributed by atoms with Gasteiger partial charge in [-0.1, -0.05) is 6.42 Å². The zero-order chi connectivity index (χ0) is 12.5. The number of aromatic nitrogens is 3. The number of carboxylic acid groups (broad SMARTS) is 1. The Morgan fingerprint density at radius 3 is 2.94 bits per heavy atom. The number of piperidine rings is 1. The standard InChI is InChI=1S/C12H18N4O2/c17-12(18)8-4-3-7-16-11(8)14-10(15-16)9-5-1-2-6-13-9/h8-9,13H,1-7H2,(H,17,18). The molecule has 0 aliphatic carbocycles. The number of rotatable bonds is 2. The van der Waals surface area contributed by atoms with Gasteiger partial charge in [0.15, 0.2) is 5.82 Å². The van der Waals surface area contributed by atoms with Crippen LogP contribution in [0, 0.1) is 0 Å². The van der Waals surface area contributed by atoms with Gasteiger partial charge in [-0.25, -0.2) is 9.67 Å². The number of nitrogens with zero attached hydrogens (tertiary/aromatic N) is 3. The van der Waals surface area contributed by atoms with Crippen molar-refractivity contribution in [1.82, 2.24) is 20.1 Å². The molecule has 2 aliphatic rings. The third kappa shape index (κ3) is 2.01. The first-order valence-electron chi connectivity index (χ1n) is 6.66. The molecule has 0 amide bonds. The molecule has 2 aliphatic heterocycles. The van der Waals surface area contributed by atoms with E-state index in [1.807, 2.05) is 0 Å². The number of aliphatic carboxylic acids is 1. The van der Waals surface area contributed by atoms with E-state index in [9.17, 15) is 9.90 Å². The van der Waals surface area contributed by atoms with E-state index in [0.717, 1.165) is 31.8 Å². The second-order valence-corrected chi connectivity index (χ2v) is 5.09. The van der Waals surface area contributed by atoms with Crippen molar-refractivity contribution >= 4 is 5.97 Å². The van der Waals surface area contributed by atoms with Crippen molar-refractivity contribution in [3.8, 4) is 0 Å². The molecule has 0 bridgehead atoms. The molecular formula is C12H18N4O2. The summed E-state index contributed by atoms with van der Waals surface area (Å²) in [7, 11) is 0. The van der Waals surface area contributed by atoms with Gasteiger partial charge >= 0.3 is 5.97 Å². The van der Waals surface area contributed by atoms with Crippen LogP contribution in [0.1, 0.15) is 55.7 Å². The van der Waals surface area contributed by atoms with E-state index in [4.69, 9.17) is 0 Å². The summed E-state index contributed by atoms with van der Waals surface area (Å²) in [4.78, 5) is 15.7. The van der Waals surface area contributed by atoms with Crippen LogP contribution >= 0.6 is 0 Å². The van der Waals surface area contributed by atoms with Crippen molar-refractivity contribution in [3.05, 3.63) is 11.6 Å². The van der Waals surface area contributed by atoms with E-state index >= 15 is 0 Å². The number of nitrogens with one attached hydrogen (secondary N) is 1. The average Bonchev–Trinajstić information content (AvgIpc) is 2.83. The summed E-state index contributed by atoms with van der Waals surface area (Å²) in [6, 6.07) is 0.200. The fraction of sp³-hybridized carbons (Fsp3) is 0.750. The Morgan fingerprint density at radius 2 is 2.22 bits per heavy atom. The molecule has 0 aromatic carbocycles. The molecule has 1 saturated heterocycles. The average molecular weight is 250 g/mol. The molecule has 1 aromatic heterocycles. The summed E-state index contributed by atoms with van der Waals surface area (Å²) in [5.74, 6) is 0.143. The van der Waals surface area contributed by atoms with Gasteiger partial charge in [-0.05, 0) is 32.2 Å². The Balaban J connectivity index is 1.88. The molecule has 2 unspecified atom stereocenters. The van der Waals surface area contributed by atoms with Gasteiger partial charge < -0.3 is 10.4 Å². The van der Waals surface area contributed by atoms with E-state index in [1.54, 1.807) is 4.68 Å². The SMILES string of the molecule is O=C(O)C1CCCn2nc(C3CCCCN3)nc21. The monoisotopic (exact) mass is 250 g/mol. The third-order valence-corrected chi connectivity index (χ3v) is 3.81. The number of aryl methyl sites for hydroxylation is 1. The normalized spacial score (nSPS) is 27.8. The van der Waals surface area contributed by atoms with Gasteiger partial charge in [0.2, 0.25) is 0 Å². The smallest absolute Gasteiger partial charge is 0.314 e. The Bertz CT molecular complexity index is 451. The molecule has 18 heavy (non-hydrogen) atoms. The summed E-state index contributed by atoms with van der Waals surface area (Å²) in [6.07, 6.45) is 4.96. The number of hydrogen-bond donors (Lipinski definition) is 2. The highest BCUT2D eigenvalue weighted by atomic mass is 16.4. The summed E-state index contributed by atoms with van der Waals surface area (Å²) < 4.78 is 1.79. The largest absolute Gasteiger partial charge is 0.481 e. The van der Waals surface area contributed by atoms with Crippen molar-refractivity contribution in [2.75, 3.05) is 6.54 Å². The van der Waals surface area contributed by atoms with Crippen LogP contribution in [0.15, 0.2) is 0 Å². The molecule has 0 radical (unpaired) electrons. The van der Waals surface area contributed by atoms with Crippen LogP contribution in [0.25, 0.3) is 0 Å². The topological polar surface area (TPSA) is 80.0 Å². The van der Waals surface area contributed by atoms with E-state index in [0.29, 0.717) is 12.2 Å². The number of hydrogen-bond acceptors (Lipinski definition) is 4. The highest BCUT2D eigenvalue weighted by Gasteiger charge is 2.31. The first kappa shape index (κ1) is 11.6. The number of carbonyl (C=O) groups is 1. The molecule has 6 heteroatoms. The van der Waals surface area contributed by atoms with Crippen LogP contribution in [-0.2, 0) is 11.3 Å². The lowest BCUT2D eigenvalue weighted by Crippen LogP contribution is -2.27. The Hall–Kier alpha value is -1.43. The second-order valence-electron chi connectivity index (χ2n) is 5.09. The Morgan fingerprint density at radius 1 is 1.33 bits per heavy atom. The number of fused-ring (bicyclic) bond motifs is 1. The lowest BCUT2D eigenvalue weighted by Gasteiger charge is -2.20. The van der Waals surface area contributed by atoms with Crippen molar-refractivity contribution in [2.24, 2.45) is 0 Å². The number of carboxylic acids is 1. The minimum atomic E-state index is -0.786. The van der Waals surface area contributed by atoms with Gasteiger partial charge in [-0.15, -0.1) is 0 Å². The van der Waals surface area contributed by atoms with Gasteiger partial charge in [0.25, 0.3) is 0 Å². The molecule has 2 N–H and O–H groups in total. The summed E-state index contributed by atoms with van der Waals surface area (Å²) in [5.41, 5.74) is 0. The van der Waals surface area contributed by atoms with Gasteiger partial charge in [-0.3, -0.25) is 4.79 Å². The summed E-state index contributed by atoms with van der Waals surface area (Å²) in [6.45, 7) is 1.79. The van der Waals surface area contributed by atoms with Crippen LogP contribution in [0.5, 0.6) is 0 Å². The van der Waals surface area contributed by atoms with E-state index in [2.05, 4.69) is 15.4 Å². The van der Waals surface area contributed by atoms with Crippen molar-refractivity contribution in [2.45, 2.75) is 50.6 Å². The maximum atomic E-state index is 11.2. The predicted molar refractivity (Wildman–Crippen MR) is 64.2 cm³/mol. The fourth-order valence-electron chi connectivity index (χ4n) is 2.82. The van der Waals surface area contributed by atoms with Crippen molar-refractivity contribution < 1.29 is 9.90 Å². The molecule has 0 saturated carbocycles. The van der Waals surface area contributed by atoms with Gasteiger partial charge in [0.1, 0.15) is 11.7 Å². The molecule has 0 spiro atoms. The highest BCUT2D eigenvalue weighted by molar-refractivity contribution is 5.75. The first-order chi connectivity index (χ1) is 8.75. The highest BCUT2D eigenvalue weighted by Crippen LogP contribution is 2.28. The maximum absolute atomic E-state index is 11.2. The molecule has 1 fully saturated rings. The van der Waals surface area contributed by atoms with Crippen LogP contribution in [0.3, 0.4) is 0 Å². The van der Waals surface area contributed by atoms with E-state index < -0.39 is 11.9 Å². The minimum absolute atomic E-state index is 0.200. The zero-order valence-corrected chi connectivity index (χ0v) is 10.3. The van der Waals surface area contributed by atoms with Crippen molar-refractivity contribution in [3.63, 3.8) is 0 Å².